The van der Waals surface area contributed by atoms with E-state index in [0.29, 0.717) is 22.2 Å². The van der Waals surface area contributed by atoms with Gasteiger partial charge in [-0.05, 0) is 37.1 Å². The Balaban J connectivity index is 2.21. The monoisotopic (exact) mass is 497 g/mol. The Labute approximate surface area is 201 Å². The zero-order valence-electron chi connectivity index (χ0n) is 18.5. The fourth-order valence-electron chi connectivity index (χ4n) is 2.94. The van der Waals surface area contributed by atoms with Crippen molar-refractivity contribution in [3.8, 4) is 11.5 Å². The maximum Gasteiger partial charge on any atom is 0.311 e. The number of carbonyl (C=O) groups excluding carboxylic acids is 2. The second kappa shape index (κ2) is 12.3. The van der Waals surface area contributed by atoms with Crippen LogP contribution in [0.25, 0.3) is 0 Å². The van der Waals surface area contributed by atoms with Gasteiger partial charge in [0.15, 0.2) is 6.61 Å². The normalized spacial score (nSPS) is 11.4. The van der Waals surface area contributed by atoms with Gasteiger partial charge in [-0.15, -0.1) is 0 Å². The third-order valence-corrected chi connectivity index (χ3v) is 5.37. The zero-order valence-corrected chi connectivity index (χ0v) is 20.0. The van der Waals surface area contributed by atoms with E-state index in [0.717, 1.165) is 6.42 Å². The molecule has 0 aliphatic carbocycles. The Morgan fingerprint density at radius 3 is 2.55 bits per heavy atom. The molecule has 2 aromatic rings. The molecule has 0 saturated heterocycles. The smallest absolute Gasteiger partial charge is 0.311 e. The molecule has 1 N–H and O–H groups in total. The van der Waals surface area contributed by atoms with Gasteiger partial charge in [0.2, 0.25) is 11.7 Å². The second-order valence-electron chi connectivity index (χ2n) is 7.10. The van der Waals surface area contributed by atoms with Crippen molar-refractivity contribution in [2.75, 3.05) is 20.3 Å². The second-order valence-corrected chi connectivity index (χ2v) is 7.95. The molecule has 0 aromatic heterocycles. The van der Waals surface area contributed by atoms with Crippen LogP contribution in [0.5, 0.6) is 11.5 Å². The topological polar surface area (TPSA) is 111 Å². The fourth-order valence-corrected chi connectivity index (χ4v) is 3.41. The molecule has 0 heterocycles. The SMILES string of the molecule is CCCNC(=O)[C@@H](C)N(Cc1ccc(Cl)cc1Cl)C(=O)COc1ccc([N+](=O)[O-])c(OC)c1. The number of rotatable bonds is 11. The van der Waals surface area contributed by atoms with Crippen LogP contribution in [0, 0.1) is 10.1 Å². The molecule has 0 aliphatic heterocycles. The highest BCUT2D eigenvalue weighted by molar-refractivity contribution is 6.35. The van der Waals surface area contributed by atoms with Crippen molar-refractivity contribution in [3.63, 3.8) is 0 Å². The summed E-state index contributed by atoms with van der Waals surface area (Å²) in [4.78, 5) is 37.4. The molecule has 2 aromatic carbocycles. The average Bonchev–Trinajstić information content (AvgIpc) is 2.79. The van der Waals surface area contributed by atoms with Crippen molar-refractivity contribution < 1.29 is 24.0 Å². The summed E-state index contributed by atoms with van der Waals surface area (Å²) >= 11 is 12.2. The van der Waals surface area contributed by atoms with E-state index in [1.807, 2.05) is 6.92 Å². The van der Waals surface area contributed by atoms with Gasteiger partial charge in [-0.2, -0.15) is 0 Å². The third-order valence-electron chi connectivity index (χ3n) is 4.78. The van der Waals surface area contributed by atoms with Crippen LogP contribution in [0.15, 0.2) is 36.4 Å². The minimum atomic E-state index is -0.800. The molecule has 33 heavy (non-hydrogen) atoms. The lowest BCUT2D eigenvalue weighted by Gasteiger charge is -2.29. The van der Waals surface area contributed by atoms with E-state index < -0.39 is 23.5 Å². The lowest BCUT2D eigenvalue weighted by atomic mass is 10.1. The number of hydrogen-bond donors (Lipinski definition) is 1. The number of nitro groups is 1. The Kier molecular flexibility index (Phi) is 9.74. The van der Waals surface area contributed by atoms with Gasteiger partial charge in [-0.1, -0.05) is 36.2 Å². The first kappa shape index (κ1) is 26.2. The molecule has 9 nitrogen and oxygen atoms in total. The van der Waals surface area contributed by atoms with E-state index >= 15 is 0 Å². The standard InChI is InChI=1S/C22H25Cl2N3O6/c1-4-9-25-22(29)14(2)26(12-15-5-6-16(23)10-18(15)24)21(28)13-33-17-7-8-19(27(30)31)20(11-17)32-3/h5-8,10-11,14H,4,9,12-13H2,1-3H3,(H,25,29)/t14-/m1/s1. The molecular formula is C22H25Cl2N3O6. The third kappa shape index (κ3) is 7.23. The number of halogens is 2. The summed E-state index contributed by atoms with van der Waals surface area (Å²) < 4.78 is 10.6. The first-order valence-corrected chi connectivity index (χ1v) is 10.9. The number of hydrogen-bond acceptors (Lipinski definition) is 6. The molecule has 0 radical (unpaired) electrons. The lowest BCUT2D eigenvalue weighted by molar-refractivity contribution is -0.385. The van der Waals surface area contributed by atoms with Crippen molar-refractivity contribution in [2.24, 2.45) is 0 Å². The number of nitrogens with one attached hydrogen (secondary N) is 1. The van der Waals surface area contributed by atoms with Gasteiger partial charge in [-0.3, -0.25) is 19.7 Å². The molecule has 1 atom stereocenters. The molecule has 0 bridgehead atoms. The Morgan fingerprint density at radius 2 is 1.94 bits per heavy atom. The quantitative estimate of drug-likeness (QED) is 0.367. The molecular weight excluding hydrogens is 473 g/mol. The first-order chi connectivity index (χ1) is 15.7. The molecule has 0 fully saturated rings. The van der Waals surface area contributed by atoms with Gasteiger partial charge in [0.25, 0.3) is 5.91 Å². The number of amides is 2. The Morgan fingerprint density at radius 1 is 1.21 bits per heavy atom. The largest absolute Gasteiger partial charge is 0.490 e. The summed E-state index contributed by atoms with van der Waals surface area (Å²) in [6.07, 6.45) is 0.751. The van der Waals surface area contributed by atoms with Gasteiger partial charge in [-0.25, -0.2) is 0 Å². The summed E-state index contributed by atoms with van der Waals surface area (Å²) in [5, 5.41) is 14.6. The fraction of sp³-hybridized carbons (Fsp3) is 0.364. The maximum absolute atomic E-state index is 13.1. The summed E-state index contributed by atoms with van der Waals surface area (Å²) in [5.74, 6) is -0.579. The van der Waals surface area contributed by atoms with Crippen LogP contribution in [0.1, 0.15) is 25.8 Å². The molecule has 0 spiro atoms. The zero-order chi connectivity index (χ0) is 24.5. The average molecular weight is 498 g/mol. The van der Waals surface area contributed by atoms with Crippen LogP contribution in [-0.4, -0.2) is 47.9 Å². The van der Waals surface area contributed by atoms with Crippen LogP contribution in [0.2, 0.25) is 10.0 Å². The van der Waals surface area contributed by atoms with Crippen LogP contribution < -0.4 is 14.8 Å². The van der Waals surface area contributed by atoms with Gasteiger partial charge < -0.3 is 19.7 Å². The van der Waals surface area contributed by atoms with Gasteiger partial charge in [0.1, 0.15) is 11.8 Å². The van der Waals surface area contributed by atoms with Crippen molar-refractivity contribution in [3.05, 3.63) is 62.1 Å². The number of ether oxygens (including phenoxy) is 2. The highest BCUT2D eigenvalue weighted by Crippen LogP contribution is 2.31. The molecule has 0 unspecified atom stereocenters. The van der Waals surface area contributed by atoms with Crippen molar-refractivity contribution in [2.45, 2.75) is 32.9 Å². The van der Waals surface area contributed by atoms with Crippen molar-refractivity contribution in [1.29, 1.82) is 0 Å². The van der Waals surface area contributed by atoms with Gasteiger partial charge in [0.05, 0.1) is 12.0 Å². The van der Waals surface area contributed by atoms with E-state index in [4.69, 9.17) is 32.7 Å². The maximum atomic E-state index is 13.1. The summed E-state index contributed by atoms with van der Waals surface area (Å²) in [5.41, 5.74) is 0.387. The molecule has 2 rings (SSSR count). The minimum absolute atomic E-state index is 0.00191. The van der Waals surface area contributed by atoms with E-state index in [9.17, 15) is 19.7 Å². The van der Waals surface area contributed by atoms with Crippen LogP contribution >= 0.6 is 23.2 Å². The highest BCUT2D eigenvalue weighted by Gasteiger charge is 2.27. The van der Waals surface area contributed by atoms with E-state index in [-0.39, 0.29) is 29.6 Å². The predicted molar refractivity (Wildman–Crippen MR) is 125 cm³/mol. The molecule has 0 saturated carbocycles. The molecule has 11 heteroatoms. The first-order valence-electron chi connectivity index (χ1n) is 10.1. The van der Waals surface area contributed by atoms with E-state index in [1.165, 1.54) is 30.2 Å². The minimum Gasteiger partial charge on any atom is -0.490 e. The highest BCUT2D eigenvalue weighted by atomic mass is 35.5. The summed E-state index contributed by atoms with van der Waals surface area (Å²) in [6, 6.07) is 8.00. The van der Waals surface area contributed by atoms with Crippen molar-refractivity contribution in [1.82, 2.24) is 10.2 Å². The number of methoxy groups -OCH3 is 1. The van der Waals surface area contributed by atoms with Crippen LogP contribution in [-0.2, 0) is 16.1 Å². The summed E-state index contributed by atoms with van der Waals surface area (Å²) in [7, 11) is 1.30. The molecule has 2 amide bonds. The van der Waals surface area contributed by atoms with E-state index in [2.05, 4.69) is 5.32 Å². The number of nitro benzene ring substituents is 1. The number of benzene rings is 2. The van der Waals surface area contributed by atoms with Crippen LogP contribution in [0.3, 0.4) is 0 Å². The molecule has 0 aliphatic rings. The molecule has 178 valence electrons. The van der Waals surface area contributed by atoms with Crippen molar-refractivity contribution >= 4 is 40.7 Å². The van der Waals surface area contributed by atoms with E-state index in [1.54, 1.807) is 25.1 Å². The van der Waals surface area contributed by atoms with Gasteiger partial charge in [0, 0.05) is 35.3 Å². The number of nitrogens with zero attached hydrogens (tertiary/aromatic N) is 2. The summed E-state index contributed by atoms with van der Waals surface area (Å²) in [6.45, 7) is 3.67. The predicted octanol–water partition coefficient (Wildman–Crippen LogP) is 4.23. The number of carbonyl (C=O) groups is 2. The Bertz CT molecular complexity index is 1020. The van der Waals surface area contributed by atoms with Crippen LogP contribution in [0.4, 0.5) is 5.69 Å². The Hall–Kier alpha value is -3.04. The van der Waals surface area contributed by atoms with Gasteiger partial charge >= 0.3 is 5.69 Å². The lowest BCUT2D eigenvalue weighted by Crippen LogP contribution is -2.49.